The minimum atomic E-state index is -0.235. The Hall–Kier alpha value is -3.16. The molecule has 166 valence electrons. The average Bonchev–Trinajstić information content (AvgIpc) is 3.23. The smallest absolute Gasteiger partial charge is 0.241 e. The van der Waals surface area contributed by atoms with E-state index in [9.17, 15) is 9.59 Å². The number of carbonyl (C=O) groups is 2. The summed E-state index contributed by atoms with van der Waals surface area (Å²) in [4.78, 5) is 31.0. The Bertz CT molecular complexity index is 1080. The van der Waals surface area contributed by atoms with Crippen molar-refractivity contribution in [2.75, 3.05) is 23.9 Å². The molecule has 0 radical (unpaired) electrons. The second kappa shape index (κ2) is 9.97. The Morgan fingerprint density at radius 2 is 1.91 bits per heavy atom. The topological polar surface area (TPSA) is 61.9 Å². The Kier molecular flexibility index (Phi) is 6.87. The number of hydrogen-bond donors (Lipinski definition) is 1. The molecule has 2 aromatic carbocycles. The van der Waals surface area contributed by atoms with Gasteiger partial charge in [-0.15, -0.1) is 11.3 Å². The van der Waals surface area contributed by atoms with Crippen molar-refractivity contribution in [1.82, 2.24) is 4.90 Å². The molecule has 1 aromatic heterocycles. The molecule has 0 saturated heterocycles. The first-order valence-electron chi connectivity index (χ1n) is 10.6. The van der Waals surface area contributed by atoms with E-state index in [0.717, 1.165) is 17.0 Å². The molecule has 1 aliphatic rings. The van der Waals surface area contributed by atoms with Crippen LogP contribution in [0.2, 0.25) is 0 Å². The molecule has 0 fully saturated rings. The van der Waals surface area contributed by atoms with Gasteiger partial charge in [0.2, 0.25) is 11.8 Å². The zero-order valence-electron chi connectivity index (χ0n) is 18.3. The lowest BCUT2D eigenvalue weighted by molar-refractivity contribution is -0.120. The monoisotopic (exact) mass is 449 g/mol. The Morgan fingerprint density at radius 3 is 2.69 bits per heavy atom. The maximum absolute atomic E-state index is 13.6. The number of ether oxygens (including phenoxy) is 1. The first-order chi connectivity index (χ1) is 15.5. The highest BCUT2D eigenvalue weighted by Gasteiger charge is 2.30. The van der Waals surface area contributed by atoms with Gasteiger partial charge in [-0.1, -0.05) is 36.4 Å². The van der Waals surface area contributed by atoms with Crippen LogP contribution in [0.3, 0.4) is 0 Å². The maximum Gasteiger partial charge on any atom is 0.241 e. The van der Waals surface area contributed by atoms with Crippen LogP contribution in [0.1, 0.15) is 23.8 Å². The molecule has 32 heavy (non-hydrogen) atoms. The van der Waals surface area contributed by atoms with Crippen LogP contribution in [0.25, 0.3) is 0 Å². The Balaban J connectivity index is 1.61. The summed E-state index contributed by atoms with van der Waals surface area (Å²) in [6, 6.07) is 19.2. The maximum atomic E-state index is 13.6. The predicted octanol–water partition coefficient (Wildman–Crippen LogP) is 4.52. The van der Waals surface area contributed by atoms with Crippen LogP contribution in [0.15, 0.2) is 66.0 Å². The number of nitrogens with one attached hydrogen (secondary N) is 1. The molecular formula is C25H27N3O3S. The third-order valence-corrected chi connectivity index (χ3v) is 6.39. The normalized spacial score (nSPS) is 15.8. The van der Waals surface area contributed by atoms with Crippen LogP contribution in [0.4, 0.5) is 11.4 Å². The fourth-order valence-electron chi connectivity index (χ4n) is 4.10. The zero-order chi connectivity index (χ0) is 22.5. The zero-order valence-corrected chi connectivity index (χ0v) is 19.1. The van der Waals surface area contributed by atoms with Crippen LogP contribution in [-0.4, -0.2) is 36.4 Å². The van der Waals surface area contributed by atoms with E-state index in [-0.39, 0.29) is 30.8 Å². The van der Waals surface area contributed by atoms with Gasteiger partial charge < -0.3 is 15.0 Å². The molecule has 2 heterocycles. The van der Waals surface area contributed by atoms with Gasteiger partial charge in [0, 0.05) is 36.0 Å². The molecule has 2 amide bonds. The van der Waals surface area contributed by atoms with Crippen LogP contribution in [0, 0.1) is 0 Å². The van der Waals surface area contributed by atoms with Gasteiger partial charge in [0.25, 0.3) is 0 Å². The molecule has 7 heteroatoms. The molecule has 0 unspecified atom stereocenters. The molecule has 3 aromatic rings. The third kappa shape index (κ3) is 5.00. The summed E-state index contributed by atoms with van der Waals surface area (Å²) >= 11 is 1.67. The van der Waals surface area contributed by atoms with E-state index in [1.54, 1.807) is 23.3 Å². The van der Waals surface area contributed by atoms with Gasteiger partial charge in [-0.05, 0) is 36.6 Å². The number of hydrogen-bond acceptors (Lipinski definition) is 5. The van der Waals surface area contributed by atoms with Crippen LogP contribution in [0.5, 0.6) is 5.75 Å². The molecular weight excluding hydrogens is 422 g/mol. The quantitative estimate of drug-likeness (QED) is 0.576. The molecule has 0 aliphatic carbocycles. The van der Waals surface area contributed by atoms with Crippen molar-refractivity contribution in [3.8, 4) is 5.75 Å². The van der Waals surface area contributed by atoms with E-state index in [1.807, 2.05) is 66.9 Å². The number of rotatable bonds is 7. The summed E-state index contributed by atoms with van der Waals surface area (Å²) in [5, 5.41) is 4.97. The first kappa shape index (κ1) is 22.0. The van der Waals surface area contributed by atoms with Crippen molar-refractivity contribution in [2.45, 2.75) is 32.5 Å². The van der Waals surface area contributed by atoms with Gasteiger partial charge in [0.15, 0.2) is 0 Å². The lowest BCUT2D eigenvalue weighted by Crippen LogP contribution is -2.44. The number of carbonyl (C=O) groups excluding carboxylic acids is 2. The highest BCUT2D eigenvalue weighted by Crippen LogP contribution is 2.31. The number of amides is 2. The Labute approximate surface area is 192 Å². The summed E-state index contributed by atoms with van der Waals surface area (Å²) in [6.45, 7) is 3.38. The van der Waals surface area contributed by atoms with E-state index < -0.39 is 0 Å². The summed E-state index contributed by atoms with van der Waals surface area (Å²) < 4.78 is 5.53. The first-order valence-corrected chi connectivity index (χ1v) is 11.5. The van der Waals surface area contributed by atoms with Crippen molar-refractivity contribution in [2.24, 2.45) is 0 Å². The van der Waals surface area contributed by atoms with E-state index in [0.29, 0.717) is 18.8 Å². The van der Waals surface area contributed by atoms with Crippen LogP contribution in [-0.2, 0) is 22.7 Å². The highest BCUT2D eigenvalue weighted by atomic mass is 32.1. The standard InChI is InChI=1S/C25H27N3O3S/c1-18-14-24(29)26-21-10-4-5-11-22(21)28(18)25(30)17-27(16-20-9-7-13-32-20)15-19-8-3-6-12-23(19)31-2/h3-13,18H,14-17H2,1-2H3,(H,26,29)/t18-/m0/s1. The van der Waals surface area contributed by atoms with Crippen molar-refractivity contribution in [3.63, 3.8) is 0 Å². The van der Waals surface area contributed by atoms with Crippen molar-refractivity contribution >= 4 is 34.5 Å². The number of thiophene rings is 1. The third-order valence-electron chi connectivity index (χ3n) is 5.53. The molecule has 1 N–H and O–H groups in total. The van der Waals surface area contributed by atoms with Crippen molar-refractivity contribution in [1.29, 1.82) is 0 Å². The van der Waals surface area contributed by atoms with E-state index in [1.165, 1.54) is 4.88 Å². The Morgan fingerprint density at radius 1 is 1.12 bits per heavy atom. The summed E-state index contributed by atoms with van der Waals surface area (Å²) in [5.41, 5.74) is 2.44. The second-order valence-corrected chi connectivity index (χ2v) is 8.95. The largest absolute Gasteiger partial charge is 0.496 e. The lowest BCUT2D eigenvalue weighted by Gasteiger charge is -2.31. The van der Waals surface area contributed by atoms with E-state index in [2.05, 4.69) is 16.3 Å². The lowest BCUT2D eigenvalue weighted by atomic mass is 10.1. The fraction of sp³-hybridized carbons (Fsp3) is 0.280. The number of para-hydroxylation sites is 3. The highest BCUT2D eigenvalue weighted by molar-refractivity contribution is 7.09. The van der Waals surface area contributed by atoms with Gasteiger partial charge in [-0.2, -0.15) is 0 Å². The molecule has 0 bridgehead atoms. The molecule has 1 atom stereocenters. The summed E-state index contributed by atoms with van der Waals surface area (Å²) in [5.74, 6) is 0.692. The molecule has 6 nitrogen and oxygen atoms in total. The number of nitrogens with zero attached hydrogens (tertiary/aromatic N) is 2. The van der Waals surface area contributed by atoms with Crippen molar-refractivity contribution < 1.29 is 14.3 Å². The van der Waals surface area contributed by atoms with E-state index in [4.69, 9.17) is 4.74 Å². The minimum Gasteiger partial charge on any atom is -0.496 e. The average molecular weight is 450 g/mol. The molecule has 1 aliphatic heterocycles. The fourth-order valence-corrected chi connectivity index (χ4v) is 4.85. The molecule has 4 rings (SSSR count). The minimum absolute atomic E-state index is 0.0343. The molecule has 0 spiro atoms. The number of fused-ring (bicyclic) bond motifs is 1. The number of anilines is 2. The van der Waals surface area contributed by atoms with Crippen LogP contribution < -0.4 is 15.0 Å². The van der Waals surface area contributed by atoms with Crippen LogP contribution >= 0.6 is 11.3 Å². The van der Waals surface area contributed by atoms with Gasteiger partial charge in [0.1, 0.15) is 5.75 Å². The SMILES string of the molecule is COc1ccccc1CN(CC(=O)N1c2ccccc2NC(=O)C[C@@H]1C)Cc1cccs1. The number of benzene rings is 2. The predicted molar refractivity (Wildman–Crippen MR) is 128 cm³/mol. The second-order valence-electron chi connectivity index (χ2n) is 7.92. The molecule has 0 saturated carbocycles. The van der Waals surface area contributed by atoms with Crippen molar-refractivity contribution in [3.05, 3.63) is 76.5 Å². The van der Waals surface area contributed by atoms with Gasteiger partial charge in [-0.3, -0.25) is 14.5 Å². The van der Waals surface area contributed by atoms with Gasteiger partial charge in [-0.25, -0.2) is 0 Å². The summed E-state index contributed by atoms with van der Waals surface area (Å²) in [7, 11) is 1.66. The van der Waals surface area contributed by atoms with Gasteiger partial charge >= 0.3 is 0 Å². The van der Waals surface area contributed by atoms with E-state index >= 15 is 0 Å². The number of methoxy groups -OCH3 is 1. The summed E-state index contributed by atoms with van der Waals surface area (Å²) in [6.07, 6.45) is 0.262. The van der Waals surface area contributed by atoms with Gasteiger partial charge in [0.05, 0.1) is 25.0 Å².